The van der Waals surface area contributed by atoms with Gasteiger partial charge in [-0.3, -0.25) is 4.79 Å². The van der Waals surface area contributed by atoms with Gasteiger partial charge in [0.15, 0.2) is 19.7 Å². The first-order chi connectivity index (χ1) is 8.06. The van der Waals surface area contributed by atoms with Crippen LogP contribution in [0.3, 0.4) is 0 Å². The van der Waals surface area contributed by atoms with Crippen LogP contribution in [-0.2, 0) is 24.5 Å². The highest BCUT2D eigenvalue weighted by Crippen LogP contribution is 2.24. The van der Waals surface area contributed by atoms with Crippen LogP contribution in [0, 0.1) is 0 Å². The molecule has 106 valence electrons. The second-order valence-electron chi connectivity index (χ2n) is 4.17. The first-order valence-electron chi connectivity index (χ1n) is 5.07. The lowest BCUT2D eigenvalue weighted by atomic mass is 10.2. The van der Waals surface area contributed by atoms with E-state index in [9.17, 15) is 21.6 Å². The van der Waals surface area contributed by atoms with Gasteiger partial charge in [-0.2, -0.15) is 0 Å². The molecule has 0 aliphatic carbocycles. The molecule has 2 unspecified atom stereocenters. The Labute approximate surface area is 116 Å². The van der Waals surface area contributed by atoms with Crippen LogP contribution in [0.15, 0.2) is 0 Å². The second-order valence-corrected chi connectivity index (χ2v) is 9.96. The van der Waals surface area contributed by atoms with E-state index in [1.165, 1.54) is 0 Å². The summed E-state index contributed by atoms with van der Waals surface area (Å²) in [6, 6.07) is 0. The maximum absolute atomic E-state index is 11.9. The smallest absolute Gasteiger partial charge is 0.251 e. The summed E-state index contributed by atoms with van der Waals surface area (Å²) < 4.78 is 45.2. The predicted molar refractivity (Wildman–Crippen MR) is 69.1 cm³/mol. The number of alkyl halides is 2. The number of amides is 1. The second kappa shape index (κ2) is 5.52. The van der Waals surface area contributed by atoms with Crippen LogP contribution in [0.5, 0.6) is 0 Å². The number of hydrogen-bond acceptors (Lipinski definition) is 5. The van der Waals surface area contributed by atoms with Crippen molar-refractivity contribution in [1.82, 2.24) is 0 Å². The number of sulfone groups is 2. The van der Waals surface area contributed by atoms with Gasteiger partial charge in [0.2, 0.25) is 4.58 Å². The molecule has 1 heterocycles. The lowest BCUT2D eigenvalue weighted by Gasteiger charge is -2.15. The van der Waals surface area contributed by atoms with Crippen molar-refractivity contribution >= 4 is 48.8 Å². The number of rotatable bonds is 1. The molecule has 1 amide bonds. The van der Waals surface area contributed by atoms with Crippen LogP contribution in [0.1, 0.15) is 12.8 Å². The lowest BCUT2D eigenvalue weighted by Crippen LogP contribution is -2.45. The van der Waals surface area contributed by atoms with Gasteiger partial charge in [0, 0.05) is 10.8 Å². The summed E-state index contributed by atoms with van der Waals surface area (Å²) >= 11 is 11.6. The Hall–Kier alpha value is -0.0500. The third-order valence-electron chi connectivity index (χ3n) is 2.50. The van der Waals surface area contributed by atoms with Gasteiger partial charge in [0.25, 0.3) is 5.91 Å². The van der Waals surface area contributed by atoms with E-state index in [2.05, 4.69) is 0 Å². The number of hydrogen-bond donors (Lipinski definition) is 1. The van der Waals surface area contributed by atoms with Crippen LogP contribution in [0.4, 0.5) is 0 Å². The van der Waals surface area contributed by atoms with Crippen molar-refractivity contribution in [3.63, 3.8) is 0 Å². The number of nitrogens with two attached hydrogens (primary N) is 1. The Morgan fingerprint density at radius 1 is 0.944 bits per heavy atom. The number of carbonyl (C=O) groups is 1. The van der Waals surface area contributed by atoms with Crippen molar-refractivity contribution in [2.24, 2.45) is 5.73 Å². The highest BCUT2D eigenvalue weighted by Gasteiger charge is 2.44. The molecule has 1 aliphatic rings. The van der Waals surface area contributed by atoms with Crippen LogP contribution in [0.25, 0.3) is 0 Å². The topological polar surface area (TPSA) is 111 Å². The molecule has 1 saturated heterocycles. The SMILES string of the molecule is NC(=O)C1S(=O)(=O)CC(Cl)CCC(Cl)CS1(=O)=O. The average molecular weight is 338 g/mol. The first kappa shape index (κ1) is 16.0. The van der Waals surface area contributed by atoms with E-state index < -0.39 is 52.4 Å². The van der Waals surface area contributed by atoms with Crippen molar-refractivity contribution in [2.75, 3.05) is 11.5 Å². The molecular weight excluding hydrogens is 325 g/mol. The molecule has 0 bridgehead atoms. The molecule has 6 nitrogen and oxygen atoms in total. The van der Waals surface area contributed by atoms with Crippen LogP contribution in [-0.4, -0.2) is 49.6 Å². The summed E-state index contributed by atoms with van der Waals surface area (Å²) in [5.74, 6) is -2.62. The monoisotopic (exact) mass is 337 g/mol. The molecule has 0 saturated carbocycles. The molecular formula is C8H13Cl2NO5S2. The Kier molecular flexibility index (Phi) is 4.91. The number of primary amides is 1. The van der Waals surface area contributed by atoms with Crippen LogP contribution >= 0.6 is 23.2 Å². The Morgan fingerprint density at radius 2 is 1.28 bits per heavy atom. The van der Waals surface area contributed by atoms with E-state index in [0.717, 1.165) is 0 Å². The molecule has 0 aromatic rings. The van der Waals surface area contributed by atoms with Gasteiger partial charge >= 0.3 is 0 Å². The summed E-state index contributed by atoms with van der Waals surface area (Å²) in [4.78, 5) is 11.2. The average Bonchev–Trinajstić information content (AvgIpc) is 2.11. The zero-order valence-electron chi connectivity index (χ0n) is 9.25. The summed E-state index contributed by atoms with van der Waals surface area (Å²) in [5, 5.41) is -1.57. The molecule has 0 aromatic heterocycles. The van der Waals surface area contributed by atoms with Crippen molar-refractivity contribution in [2.45, 2.75) is 28.2 Å². The summed E-state index contributed by atoms with van der Waals surface area (Å²) in [6.07, 6.45) is 0.520. The summed E-state index contributed by atoms with van der Waals surface area (Å²) in [6.45, 7) is 0. The molecule has 2 N–H and O–H groups in total. The molecule has 0 spiro atoms. The number of carbonyl (C=O) groups excluding carboxylic acids is 1. The van der Waals surface area contributed by atoms with Crippen LogP contribution in [0.2, 0.25) is 0 Å². The zero-order chi connectivity index (χ0) is 14.1. The van der Waals surface area contributed by atoms with Crippen molar-refractivity contribution < 1.29 is 21.6 Å². The van der Waals surface area contributed by atoms with Gasteiger partial charge in [-0.25, -0.2) is 16.8 Å². The normalized spacial score (nSPS) is 36.0. The third-order valence-corrected chi connectivity index (χ3v) is 8.88. The first-order valence-corrected chi connectivity index (χ1v) is 9.37. The molecule has 1 aliphatic heterocycles. The molecule has 10 heteroatoms. The van der Waals surface area contributed by atoms with Gasteiger partial charge in [-0.05, 0) is 12.8 Å². The summed E-state index contributed by atoms with van der Waals surface area (Å²) in [7, 11) is -8.48. The van der Waals surface area contributed by atoms with Gasteiger partial charge < -0.3 is 5.73 Å². The van der Waals surface area contributed by atoms with E-state index in [1.807, 2.05) is 0 Å². The van der Waals surface area contributed by atoms with E-state index >= 15 is 0 Å². The summed E-state index contributed by atoms with van der Waals surface area (Å²) in [5.41, 5.74) is 4.90. The largest absolute Gasteiger partial charge is 0.368 e. The maximum atomic E-state index is 11.9. The van der Waals surface area contributed by atoms with E-state index in [1.54, 1.807) is 0 Å². The standard InChI is InChI=1S/C8H13Cl2NO5S2/c9-5-1-2-6(10)4-18(15,16)8(7(11)12)17(13,14)3-5/h5-6,8H,1-4H2,(H2,11,12). The molecule has 1 fully saturated rings. The Balaban J connectivity index is 3.32. The maximum Gasteiger partial charge on any atom is 0.251 e. The van der Waals surface area contributed by atoms with Crippen molar-refractivity contribution in [3.05, 3.63) is 0 Å². The minimum Gasteiger partial charge on any atom is -0.368 e. The fourth-order valence-corrected chi connectivity index (χ4v) is 7.75. The van der Waals surface area contributed by atoms with Gasteiger partial charge in [0.05, 0.1) is 11.5 Å². The van der Waals surface area contributed by atoms with Gasteiger partial charge in [-0.15, -0.1) is 23.2 Å². The van der Waals surface area contributed by atoms with Crippen molar-refractivity contribution in [1.29, 1.82) is 0 Å². The fraction of sp³-hybridized carbons (Fsp3) is 0.875. The molecule has 0 aromatic carbocycles. The van der Waals surface area contributed by atoms with Gasteiger partial charge in [-0.1, -0.05) is 0 Å². The quantitative estimate of drug-likeness (QED) is 0.656. The molecule has 0 radical (unpaired) electrons. The highest BCUT2D eigenvalue weighted by atomic mass is 35.5. The lowest BCUT2D eigenvalue weighted by molar-refractivity contribution is -0.116. The molecule has 18 heavy (non-hydrogen) atoms. The van der Waals surface area contributed by atoms with E-state index in [0.29, 0.717) is 0 Å². The van der Waals surface area contributed by atoms with E-state index in [4.69, 9.17) is 28.9 Å². The van der Waals surface area contributed by atoms with Crippen molar-refractivity contribution in [3.8, 4) is 0 Å². The minimum atomic E-state index is -4.24. The van der Waals surface area contributed by atoms with E-state index in [-0.39, 0.29) is 12.8 Å². The number of halogens is 2. The van der Waals surface area contributed by atoms with Gasteiger partial charge in [0.1, 0.15) is 0 Å². The Morgan fingerprint density at radius 3 is 1.56 bits per heavy atom. The Bertz CT molecular complexity index is 488. The highest BCUT2D eigenvalue weighted by molar-refractivity contribution is 8.10. The predicted octanol–water partition coefficient (Wildman–Crippen LogP) is -0.364. The van der Waals surface area contributed by atoms with Crippen LogP contribution < -0.4 is 5.73 Å². The zero-order valence-corrected chi connectivity index (χ0v) is 12.4. The molecule has 1 rings (SSSR count). The third kappa shape index (κ3) is 3.72. The minimum absolute atomic E-state index is 0.260. The molecule has 2 atom stereocenters. The fourth-order valence-electron chi connectivity index (χ4n) is 1.78.